The minimum Gasteiger partial charge on any atom is -0.492 e. The van der Waals surface area contributed by atoms with E-state index in [0.717, 1.165) is 56.5 Å². The van der Waals surface area contributed by atoms with E-state index in [-0.39, 0.29) is 24.3 Å². The van der Waals surface area contributed by atoms with Gasteiger partial charge in [-0.15, -0.1) is 0 Å². The third-order valence-corrected chi connectivity index (χ3v) is 8.00. The number of carbonyl (C=O) groups excluding carboxylic acids is 3. The lowest BCUT2D eigenvalue weighted by Crippen LogP contribution is -2.52. The molecule has 4 aliphatic rings. The molecule has 1 unspecified atom stereocenters. The van der Waals surface area contributed by atoms with Gasteiger partial charge in [-0.3, -0.25) is 24.6 Å². The molecule has 1 saturated carbocycles. The Morgan fingerprint density at radius 1 is 1.03 bits per heavy atom. The van der Waals surface area contributed by atoms with Gasteiger partial charge in [0.2, 0.25) is 11.8 Å². The molecule has 0 bridgehead atoms. The van der Waals surface area contributed by atoms with Crippen LogP contribution < -0.4 is 10.1 Å². The highest BCUT2D eigenvalue weighted by molar-refractivity contribution is 6.05. The van der Waals surface area contributed by atoms with Crippen LogP contribution in [-0.2, 0) is 16.1 Å². The maximum absolute atomic E-state index is 12.9. The first-order valence-electron chi connectivity index (χ1n) is 12.8. The fraction of sp³-hybridized carbons (Fsp3) is 0.654. The number of ether oxygens (including phenoxy) is 1. The Labute approximate surface area is 200 Å². The van der Waals surface area contributed by atoms with Crippen molar-refractivity contribution in [3.63, 3.8) is 0 Å². The van der Waals surface area contributed by atoms with Gasteiger partial charge in [-0.05, 0) is 81.2 Å². The first kappa shape index (κ1) is 23.3. The van der Waals surface area contributed by atoms with Crippen LogP contribution in [0.3, 0.4) is 0 Å². The van der Waals surface area contributed by atoms with Gasteiger partial charge < -0.3 is 14.7 Å². The second kappa shape index (κ2) is 10.0. The molecule has 0 spiro atoms. The Morgan fingerprint density at radius 3 is 2.65 bits per heavy atom. The van der Waals surface area contributed by atoms with E-state index in [9.17, 15) is 19.5 Å². The fourth-order valence-corrected chi connectivity index (χ4v) is 5.98. The van der Waals surface area contributed by atoms with Crippen LogP contribution in [0.1, 0.15) is 73.7 Å². The van der Waals surface area contributed by atoms with Gasteiger partial charge in [-0.2, -0.15) is 0 Å². The van der Waals surface area contributed by atoms with Gasteiger partial charge in [-0.25, -0.2) is 0 Å². The van der Waals surface area contributed by atoms with Gasteiger partial charge in [0.25, 0.3) is 5.91 Å². The van der Waals surface area contributed by atoms with E-state index in [1.807, 2.05) is 12.1 Å². The second-order valence-electron chi connectivity index (χ2n) is 10.3. The van der Waals surface area contributed by atoms with E-state index in [1.54, 1.807) is 11.0 Å². The van der Waals surface area contributed by atoms with Crippen molar-refractivity contribution in [1.29, 1.82) is 0 Å². The number of aliphatic hydroxyl groups excluding tert-OH is 1. The summed E-state index contributed by atoms with van der Waals surface area (Å²) in [4.78, 5) is 40.8. The lowest BCUT2D eigenvalue weighted by atomic mass is 9.86. The molecule has 3 heterocycles. The largest absolute Gasteiger partial charge is 0.492 e. The maximum atomic E-state index is 12.9. The van der Waals surface area contributed by atoms with Crippen LogP contribution in [0.5, 0.6) is 5.75 Å². The minimum absolute atomic E-state index is 0.116. The van der Waals surface area contributed by atoms with Crippen molar-refractivity contribution in [3.8, 4) is 5.75 Å². The van der Waals surface area contributed by atoms with E-state index in [4.69, 9.17) is 4.74 Å². The Kier molecular flexibility index (Phi) is 6.88. The summed E-state index contributed by atoms with van der Waals surface area (Å²) >= 11 is 0. The summed E-state index contributed by atoms with van der Waals surface area (Å²) < 4.78 is 6.22. The molecule has 5 rings (SSSR count). The number of benzene rings is 1. The van der Waals surface area contributed by atoms with Gasteiger partial charge in [0, 0.05) is 31.1 Å². The molecule has 1 aliphatic carbocycles. The number of fused-ring (bicyclic) bond motifs is 1. The molecule has 3 amide bonds. The highest BCUT2D eigenvalue weighted by Gasteiger charge is 2.39. The zero-order valence-corrected chi connectivity index (χ0v) is 19.7. The predicted molar refractivity (Wildman–Crippen MR) is 125 cm³/mol. The van der Waals surface area contributed by atoms with Gasteiger partial charge >= 0.3 is 0 Å². The first-order valence-corrected chi connectivity index (χ1v) is 12.8. The highest BCUT2D eigenvalue weighted by Crippen LogP contribution is 2.31. The third-order valence-electron chi connectivity index (χ3n) is 8.00. The van der Waals surface area contributed by atoms with Crippen LogP contribution in [0.2, 0.25) is 0 Å². The van der Waals surface area contributed by atoms with E-state index in [2.05, 4.69) is 10.2 Å². The normalized spacial score (nSPS) is 30.3. The molecule has 8 nitrogen and oxygen atoms in total. The predicted octanol–water partition coefficient (Wildman–Crippen LogP) is 2.23. The van der Waals surface area contributed by atoms with Crippen LogP contribution in [0.25, 0.3) is 0 Å². The minimum atomic E-state index is -0.598. The Hall–Kier alpha value is -2.45. The summed E-state index contributed by atoms with van der Waals surface area (Å²) in [6.07, 6.45) is 8.12. The number of rotatable bonds is 6. The Morgan fingerprint density at radius 2 is 1.85 bits per heavy atom. The number of amides is 3. The maximum Gasteiger partial charge on any atom is 0.255 e. The van der Waals surface area contributed by atoms with Crippen molar-refractivity contribution < 1.29 is 24.2 Å². The molecule has 184 valence electrons. The average Bonchev–Trinajstić information content (AvgIpc) is 3.15. The molecule has 0 radical (unpaired) electrons. The number of aliphatic hydroxyl groups is 1. The Bertz CT molecular complexity index is 942. The monoisotopic (exact) mass is 469 g/mol. The summed E-state index contributed by atoms with van der Waals surface area (Å²) in [6.45, 7) is 3.17. The molecule has 2 saturated heterocycles. The first-order chi connectivity index (χ1) is 16.5. The summed E-state index contributed by atoms with van der Waals surface area (Å²) in [5.74, 6) is 0.584. The van der Waals surface area contributed by atoms with Gasteiger partial charge in [-0.1, -0.05) is 6.42 Å². The van der Waals surface area contributed by atoms with E-state index < -0.39 is 11.9 Å². The molecule has 0 aromatic heterocycles. The van der Waals surface area contributed by atoms with Crippen molar-refractivity contribution in [2.45, 2.75) is 82.5 Å². The number of carbonyl (C=O) groups is 3. The van der Waals surface area contributed by atoms with Crippen molar-refractivity contribution >= 4 is 17.7 Å². The number of nitrogens with zero attached hydrogens (tertiary/aromatic N) is 2. The number of piperidine rings is 2. The molecular formula is C26H35N3O5. The van der Waals surface area contributed by atoms with Crippen LogP contribution in [-0.4, -0.2) is 70.5 Å². The van der Waals surface area contributed by atoms with Crippen molar-refractivity contribution in [3.05, 3.63) is 29.3 Å². The number of hydrogen-bond acceptors (Lipinski definition) is 6. The SMILES string of the molecule is O=C1CCC(N2Cc3cc(OC[C@H]4CCCCN4C[C@H]4CC[C@@H](O)CC4)ccc3C2=O)C(=O)N1. The number of imide groups is 1. The van der Waals surface area contributed by atoms with E-state index in [0.29, 0.717) is 37.1 Å². The van der Waals surface area contributed by atoms with E-state index in [1.165, 1.54) is 12.8 Å². The number of nitrogens with one attached hydrogen (secondary N) is 1. The fourth-order valence-electron chi connectivity index (χ4n) is 5.98. The highest BCUT2D eigenvalue weighted by atomic mass is 16.5. The zero-order valence-electron chi connectivity index (χ0n) is 19.7. The lowest BCUT2D eigenvalue weighted by molar-refractivity contribution is -0.136. The van der Waals surface area contributed by atoms with Crippen LogP contribution >= 0.6 is 0 Å². The van der Waals surface area contributed by atoms with E-state index >= 15 is 0 Å². The van der Waals surface area contributed by atoms with Crippen LogP contribution in [0.15, 0.2) is 18.2 Å². The number of hydrogen-bond donors (Lipinski definition) is 2. The zero-order chi connectivity index (χ0) is 23.7. The molecular weight excluding hydrogens is 434 g/mol. The summed E-state index contributed by atoms with van der Waals surface area (Å²) in [7, 11) is 0. The van der Waals surface area contributed by atoms with Crippen molar-refractivity contribution in [1.82, 2.24) is 15.1 Å². The summed E-state index contributed by atoms with van der Waals surface area (Å²) in [6, 6.07) is 5.36. The van der Waals surface area contributed by atoms with Crippen LogP contribution in [0, 0.1) is 5.92 Å². The van der Waals surface area contributed by atoms with Crippen LogP contribution in [0.4, 0.5) is 0 Å². The topological polar surface area (TPSA) is 99.2 Å². The lowest BCUT2D eigenvalue weighted by Gasteiger charge is -2.39. The second-order valence-corrected chi connectivity index (χ2v) is 10.3. The molecule has 2 N–H and O–H groups in total. The molecule has 3 fully saturated rings. The number of likely N-dealkylation sites (tertiary alicyclic amines) is 1. The standard InChI is InChI=1S/C26H35N3O5/c30-20-6-4-17(5-7-20)14-28-12-2-1-3-19(28)16-34-21-8-9-22-18(13-21)15-29(26(22)33)23-10-11-24(31)27-25(23)32/h8-9,13,17,19-20,23,30H,1-7,10-12,14-16H2,(H,27,31,32)/t17-,19-,20+,23?/m1/s1. The molecule has 34 heavy (non-hydrogen) atoms. The van der Waals surface area contributed by atoms with Crippen molar-refractivity contribution in [2.75, 3.05) is 19.7 Å². The quantitative estimate of drug-likeness (QED) is 0.620. The molecule has 2 atom stereocenters. The van der Waals surface area contributed by atoms with Gasteiger partial charge in [0.05, 0.1) is 6.10 Å². The smallest absolute Gasteiger partial charge is 0.255 e. The summed E-state index contributed by atoms with van der Waals surface area (Å²) in [5.41, 5.74) is 1.48. The van der Waals surface area contributed by atoms with Crippen molar-refractivity contribution in [2.24, 2.45) is 5.92 Å². The molecule has 3 aliphatic heterocycles. The van der Waals surface area contributed by atoms with Gasteiger partial charge in [0.1, 0.15) is 18.4 Å². The Balaban J connectivity index is 1.19. The third kappa shape index (κ3) is 4.98. The van der Waals surface area contributed by atoms with Gasteiger partial charge in [0.15, 0.2) is 0 Å². The molecule has 1 aromatic rings. The average molecular weight is 470 g/mol. The molecule has 1 aromatic carbocycles. The summed E-state index contributed by atoms with van der Waals surface area (Å²) in [5, 5.41) is 12.1. The molecule has 8 heteroatoms.